The number of hydrogen-bond acceptors (Lipinski definition) is 3. The van der Waals surface area contributed by atoms with Gasteiger partial charge in [0.15, 0.2) is 10.8 Å². The monoisotopic (exact) mass is 179 g/mol. The number of fused-ring (bicyclic) bond motifs is 1. The van der Waals surface area contributed by atoms with Gasteiger partial charge in [0.1, 0.15) is 0 Å². The number of imidazole rings is 1. The number of aromatic amines is 1. The summed E-state index contributed by atoms with van der Waals surface area (Å²) in [6.07, 6.45) is 1.75. The van der Waals surface area contributed by atoms with E-state index in [4.69, 9.17) is 0 Å². The lowest BCUT2D eigenvalue weighted by Crippen LogP contribution is -1.74. The zero-order valence-electron chi connectivity index (χ0n) is 6.74. The first-order valence-electron chi connectivity index (χ1n) is 3.83. The Bertz CT molecular complexity index is 349. The van der Waals surface area contributed by atoms with Crippen molar-refractivity contribution in [3.63, 3.8) is 0 Å². The molecule has 0 atom stereocenters. The van der Waals surface area contributed by atoms with Gasteiger partial charge in [0, 0.05) is 6.20 Å². The molecule has 0 aliphatic heterocycles. The Morgan fingerprint density at radius 2 is 2.50 bits per heavy atom. The Hall–Kier alpha value is -1.03. The van der Waals surface area contributed by atoms with Crippen molar-refractivity contribution < 1.29 is 0 Å². The first kappa shape index (κ1) is 7.61. The predicted molar refractivity (Wildman–Crippen MR) is 50.3 cm³/mol. The first-order chi connectivity index (χ1) is 5.90. The van der Waals surface area contributed by atoms with Crippen LogP contribution in [-0.4, -0.2) is 20.7 Å². The van der Waals surface area contributed by atoms with Crippen molar-refractivity contribution in [3.8, 4) is 0 Å². The molecule has 12 heavy (non-hydrogen) atoms. The molecular formula is C8H9N3S. The van der Waals surface area contributed by atoms with Crippen LogP contribution in [0.2, 0.25) is 0 Å². The highest BCUT2D eigenvalue weighted by molar-refractivity contribution is 7.99. The highest BCUT2D eigenvalue weighted by atomic mass is 32.2. The fourth-order valence-corrected chi connectivity index (χ4v) is 1.63. The minimum absolute atomic E-state index is 0.799. The van der Waals surface area contributed by atoms with Crippen molar-refractivity contribution in [3.05, 3.63) is 18.3 Å². The van der Waals surface area contributed by atoms with E-state index in [2.05, 4.69) is 21.9 Å². The lowest BCUT2D eigenvalue weighted by molar-refractivity contribution is 1.07. The Labute approximate surface area is 74.6 Å². The molecule has 0 fully saturated rings. The molecule has 4 heteroatoms. The van der Waals surface area contributed by atoms with E-state index in [0.29, 0.717) is 0 Å². The van der Waals surface area contributed by atoms with Crippen LogP contribution in [-0.2, 0) is 0 Å². The van der Waals surface area contributed by atoms with Gasteiger partial charge in [-0.15, -0.1) is 0 Å². The van der Waals surface area contributed by atoms with Gasteiger partial charge in [0.25, 0.3) is 0 Å². The van der Waals surface area contributed by atoms with Crippen LogP contribution in [0.15, 0.2) is 23.5 Å². The number of pyridine rings is 1. The highest BCUT2D eigenvalue weighted by Crippen LogP contribution is 2.16. The molecule has 0 unspecified atom stereocenters. The summed E-state index contributed by atoms with van der Waals surface area (Å²) in [5.41, 5.74) is 1.81. The van der Waals surface area contributed by atoms with Gasteiger partial charge in [-0.05, 0) is 17.9 Å². The van der Waals surface area contributed by atoms with E-state index in [1.807, 2.05) is 12.1 Å². The number of thioether (sulfide) groups is 1. The number of nitrogens with zero attached hydrogens (tertiary/aromatic N) is 2. The van der Waals surface area contributed by atoms with Crippen LogP contribution in [0.25, 0.3) is 11.2 Å². The third-order valence-electron chi connectivity index (χ3n) is 1.52. The average Bonchev–Trinajstić information content (AvgIpc) is 2.47. The number of rotatable bonds is 2. The molecule has 0 aliphatic carbocycles. The van der Waals surface area contributed by atoms with E-state index in [-0.39, 0.29) is 0 Å². The van der Waals surface area contributed by atoms with Gasteiger partial charge in [-0.25, -0.2) is 9.97 Å². The number of hydrogen-bond donors (Lipinski definition) is 1. The maximum absolute atomic E-state index is 4.30. The van der Waals surface area contributed by atoms with E-state index in [9.17, 15) is 0 Å². The van der Waals surface area contributed by atoms with Crippen molar-refractivity contribution in [2.75, 3.05) is 5.75 Å². The van der Waals surface area contributed by atoms with Crippen molar-refractivity contribution in [2.24, 2.45) is 0 Å². The summed E-state index contributed by atoms with van der Waals surface area (Å²) in [5.74, 6) is 1.03. The molecule has 2 heterocycles. The lowest BCUT2D eigenvalue weighted by Gasteiger charge is -1.86. The van der Waals surface area contributed by atoms with Gasteiger partial charge >= 0.3 is 0 Å². The third kappa shape index (κ3) is 1.30. The zero-order chi connectivity index (χ0) is 8.39. The normalized spacial score (nSPS) is 10.8. The van der Waals surface area contributed by atoms with Crippen molar-refractivity contribution in [2.45, 2.75) is 12.1 Å². The topological polar surface area (TPSA) is 41.6 Å². The fourth-order valence-electron chi connectivity index (χ4n) is 1.03. The lowest BCUT2D eigenvalue weighted by atomic mass is 10.4. The second-order valence-electron chi connectivity index (χ2n) is 2.35. The second kappa shape index (κ2) is 3.15. The average molecular weight is 179 g/mol. The minimum atomic E-state index is 0.799. The van der Waals surface area contributed by atoms with Gasteiger partial charge < -0.3 is 4.98 Å². The van der Waals surface area contributed by atoms with Gasteiger partial charge in [-0.2, -0.15) is 0 Å². The van der Waals surface area contributed by atoms with E-state index in [1.165, 1.54) is 0 Å². The fraction of sp³-hybridized carbons (Fsp3) is 0.250. The Kier molecular flexibility index (Phi) is 1.99. The van der Waals surface area contributed by atoms with Gasteiger partial charge in [0.05, 0.1) is 5.52 Å². The largest absolute Gasteiger partial charge is 0.332 e. The zero-order valence-corrected chi connectivity index (χ0v) is 7.56. The molecule has 0 radical (unpaired) electrons. The van der Waals surface area contributed by atoms with Crippen LogP contribution in [0.1, 0.15) is 6.92 Å². The summed E-state index contributed by atoms with van der Waals surface area (Å²) in [6.45, 7) is 2.10. The number of H-pyrrole nitrogens is 1. The molecule has 3 nitrogen and oxygen atoms in total. The molecule has 2 rings (SSSR count). The molecular weight excluding hydrogens is 170 g/mol. The first-order valence-corrected chi connectivity index (χ1v) is 4.82. The summed E-state index contributed by atoms with van der Waals surface area (Å²) < 4.78 is 0. The Morgan fingerprint density at radius 1 is 1.58 bits per heavy atom. The van der Waals surface area contributed by atoms with E-state index in [0.717, 1.165) is 22.1 Å². The Balaban J connectivity index is 2.47. The number of nitrogens with one attached hydrogen (secondary N) is 1. The minimum Gasteiger partial charge on any atom is -0.332 e. The van der Waals surface area contributed by atoms with Crippen molar-refractivity contribution in [1.29, 1.82) is 0 Å². The molecule has 2 aromatic rings. The summed E-state index contributed by atoms with van der Waals surface area (Å²) in [7, 11) is 0. The SMILES string of the molecule is CCSc1nc2ncccc2[nH]1. The van der Waals surface area contributed by atoms with Crippen LogP contribution in [0.4, 0.5) is 0 Å². The molecule has 0 amide bonds. The summed E-state index contributed by atoms with van der Waals surface area (Å²) in [6, 6.07) is 3.88. The van der Waals surface area contributed by atoms with Crippen LogP contribution in [0, 0.1) is 0 Å². The van der Waals surface area contributed by atoms with Gasteiger partial charge in [-0.1, -0.05) is 18.7 Å². The quantitative estimate of drug-likeness (QED) is 0.717. The molecule has 2 aromatic heterocycles. The maximum Gasteiger partial charge on any atom is 0.178 e. The van der Waals surface area contributed by atoms with Crippen molar-refractivity contribution in [1.82, 2.24) is 15.0 Å². The summed E-state index contributed by atoms with van der Waals surface area (Å²) in [5, 5.41) is 0.950. The Morgan fingerprint density at radius 3 is 3.25 bits per heavy atom. The molecule has 0 bridgehead atoms. The van der Waals surface area contributed by atoms with E-state index < -0.39 is 0 Å². The number of aromatic nitrogens is 3. The highest BCUT2D eigenvalue weighted by Gasteiger charge is 2.00. The molecule has 0 aliphatic rings. The van der Waals surface area contributed by atoms with Crippen LogP contribution in [0.3, 0.4) is 0 Å². The molecule has 0 aromatic carbocycles. The maximum atomic E-state index is 4.30. The smallest absolute Gasteiger partial charge is 0.178 e. The molecule has 1 N–H and O–H groups in total. The predicted octanol–water partition coefficient (Wildman–Crippen LogP) is 2.07. The van der Waals surface area contributed by atoms with Crippen LogP contribution < -0.4 is 0 Å². The molecule has 0 spiro atoms. The van der Waals surface area contributed by atoms with Gasteiger partial charge in [-0.3, -0.25) is 0 Å². The van der Waals surface area contributed by atoms with Crippen molar-refractivity contribution >= 4 is 22.9 Å². The standard InChI is InChI=1S/C8H9N3S/c1-2-12-8-10-6-4-3-5-9-7(6)11-8/h3-5H,2H2,1H3,(H,9,10,11). The van der Waals surface area contributed by atoms with E-state index >= 15 is 0 Å². The second-order valence-corrected chi connectivity index (χ2v) is 3.60. The van der Waals surface area contributed by atoms with E-state index in [1.54, 1.807) is 18.0 Å². The summed E-state index contributed by atoms with van der Waals surface area (Å²) >= 11 is 1.69. The van der Waals surface area contributed by atoms with Crippen LogP contribution >= 0.6 is 11.8 Å². The molecule has 0 saturated carbocycles. The summed E-state index contributed by atoms with van der Waals surface area (Å²) in [4.78, 5) is 11.6. The van der Waals surface area contributed by atoms with Crippen LogP contribution in [0.5, 0.6) is 0 Å². The van der Waals surface area contributed by atoms with Gasteiger partial charge in [0.2, 0.25) is 0 Å². The third-order valence-corrected chi connectivity index (χ3v) is 2.27. The molecule has 62 valence electrons. The molecule has 0 saturated heterocycles.